The summed E-state index contributed by atoms with van der Waals surface area (Å²) in [6.45, 7) is 5.52. The third kappa shape index (κ3) is 4.77. The number of rotatable bonds is 6. The normalized spacial score (nSPS) is 14.9. The van der Waals surface area contributed by atoms with Crippen LogP contribution in [-0.4, -0.2) is 51.2 Å². The van der Waals surface area contributed by atoms with Gasteiger partial charge in [0.1, 0.15) is 0 Å². The lowest BCUT2D eigenvalue weighted by molar-refractivity contribution is 0.249. The summed E-state index contributed by atoms with van der Waals surface area (Å²) in [6, 6.07) is 14.5. The Bertz CT molecular complexity index is 833. The number of nitrogens with zero attached hydrogens (tertiary/aromatic N) is 6. The highest BCUT2D eigenvalue weighted by Gasteiger charge is 2.19. The van der Waals surface area contributed by atoms with Crippen LogP contribution in [0.15, 0.2) is 61.1 Å². The minimum atomic E-state index is 0.545. The Balaban J connectivity index is 1.32. The van der Waals surface area contributed by atoms with Crippen molar-refractivity contribution in [1.29, 1.82) is 0 Å². The molecule has 1 aliphatic heterocycles. The summed E-state index contributed by atoms with van der Waals surface area (Å²) < 4.78 is 0. The average molecular weight is 361 g/mol. The molecule has 0 radical (unpaired) electrons. The van der Waals surface area contributed by atoms with E-state index in [4.69, 9.17) is 0 Å². The quantitative estimate of drug-likeness (QED) is 0.722. The lowest BCUT2D eigenvalue weighted by atomic mass is 10.2. The number of pyridine rings is 1. The molecule has 0 amide bonds. The molecule has 1 saturated heterocycles. The lowest BCUT2D eigenvalue weighted by Gasteiger charge is -2.35. The van der Waals surface area contributed by atoms with Gasteiger partial charge in [-0.25, -0.2) is 0 Å². The number of piperazine rings is 1. The van der Waals surface area contributed by atoms with Crippen molar-refractivity contribution in [2.75, 3.05) is 36.4 Å². The number of nitrogens with one attached hydrogen (secondary N) is 1. The van der Waals surface area contributed by atoms with Crippen molar-refractivity contribution in [2.45, 2.75) is 13.1 Å². The van der Waals surface area contributed by atoms with Crippen LogP contribution in [0.25, 0.3) is 0 Å². The predicted molar refractivity (Wildman–Crippen MR) is 105 cm³/mol. The summed E-state index contributed by atoms with van der Waals surface area (Å²) in [5.74, 6) is 1.42. The molecule has 0 atom stereocenters. The average Bonchev–Trinajstić information content (AvgIpc) is 2.75. The van der Waals surface area contributed by atoms with E-state index in [0.717, 1.165) is 44.1 Å². The van der Waals surface area contributed by atoms with Crippen molar-refractivity contribution >= 4 is 11.8 Å². The fourth-order valence-corrected chi connectivity index (χ4v) is 3.18. The Labute approximate surface area is 159 Å². The molecule has 2 aromatic heterocycles. The molecular formula is C20H23N7. The first-order valence-electron chi connectivity index (χ1n) is 9.20. The zero-order chi connectivity index (χ0) is 18.3. The summed E-state index contributed by atoms with van der Waals surface area (Å²) in [6.07, 6.45) is 5.33. The lowest BCUT2D eigenvalue weighted by Crippen LogP contribution is -2.46. The number of benzene rings is 1. The van der Waals surface area contributed by atoms with E-state index in [1.807, 2.05) is 18.3 Å². The molecule has 0 unspecified atom stereocenters. The molecule has 27 heavy (non-hydrogen) atoms. The molecule has 1 N–H and O–H groups in total. The van der Waals surface area contributed by atoms with Gasteiger partial charge in [-0.3, -0.25) is 9.88 Å². The van der Waals surface area contributed by atoms with E-state index in [1.165, 1.54) is 5.56 Å². The minimum Gasteiger partial charge on any atom is -0.353 e. The topological polar surface area (TPSA) is 70.1 Å². The largest absolute Gasteiger partial charge is 0.353 e. The first-order chi connectivity index (χ1) is 13.4. The second kappa shape index (κ2) is 8.55. The van der Waals surface area contributed by atoms with Gasteiger partial charge in [-0.15, -0.1) is 5.10 Å². The molecule has 0 spiro atoms. The molecule has 3 heterocycles. The van der Waals surface area contributed by atoms with Crippen LogP contribution in [0.3, 0.4) is 0 Å². The highest BCUT2D eigenvalue weighted by molar-refractivity contribution is 5.41. The molecule has 1 fully saturated rings. The van der Waals surface area contributed by atoms with Gasteiger partial charge in [0.2, 0.25) is 5.95 Å². The van der Waals surface area contributed by atoms with Gasteiger partial charge in [-0.05, 0) is 17.2 Å². The highest BCUT2D eigenvalue weighted by Crippen LogP contribution is 2.15. The first-order valence-corrected chi connectivity index (χ1v) is 9.20. The van der Waals surface area contributed by atoms with E-state index < -0.39 is 0 Å². The van der Waals surface area contributed by atoms with Crippen LogP contribution < -0.4 is 10.2 Å². The molecule has 0 saturated carbocycles. The van der Waals surface area contributed by atoms with Gasteiger partial charge in [0.25, 0.3) is 0 Å². The number of anilines is 2. The maximum Gasteiger partial charge on any atom is 0.244 e. The summed E-state index contributed by atoms with van der Waals surface area (Å²) >= 11 is 0. The molecule has 0 bridgehead atoms. The number of hydrogen-bond donors (Lipinski definition) is 1. The van der Waals surface area contributed by atoms with Crippen LogP contribution in [0.5, 0.6) is 0 Å². The van der Waals surface area contributed by atoms with Crippen LogP contribution in [0, 0.1) is 0 Å². The van der Waals surface area contributed by atoms with Gasteiger partial charge in [-0.2, -0.15) is 10.1 Å². The van der Waals surface area contributed by atoms with E-state index in [0.29, 0.717) is 12.5 Å². The summed E-state index contributed by atoms with van der Waals surface area (Å²) in [5.41, 5.74) is 2.44. The Morgan fingerprint density at radius 1 is 0.889 bits per heavy atom. The molecule has 7 heteroatoms. The van der Waals surface area contributed by atoms with E-state index in [2.05, 4.69) is 65.6 Å². The minimum absolute atomic E-state index is 0.545. The third-order valence-electron chi connectivity index (χ3n) is 4.66. The zero-order valence-electron chi connectivity index (χ0n) is 15.2. The Kier molecular flexibility index (Phi) is 5.50. The zero-order valence-corrected chi connectivity index (χ0v) is 15.2. The van der Waals surface area contributed by atoms with Crippen molar-refractivity contribution in [3.05, 3.63) is 72.2 Å². The van der Waals surface area contributed by atoms with Crippen LogP contribution in [0.2, 0.25) is 0 Å². The van der Waals surface area contributed by atoms with Gasteiger partial charge in [0.15, 0.2) is 5.82 Å². The van der Waals surface area contributed by atoms with Crippen molar-refractivity contribution in [1.82, 2.24) is 25.1 Å². The standard InChI is InChI=1S/C20H23N7/c1-2-5-17(6-3-1)16-26-9-11-27(12-10-26)19-15-23-25-20(24-19)22-14-18-7-4-8-21-13-18/h1-8,13,15H,9-12,14,16H2,(H,22,24,25). The van der Waals surface area contributed by atoms with E-state index in [1.54, 1.807) is 12.4 Å². The van der Waals surface area contributed by atoms with Crippen LogP contribution in [0.4, 0.5) is 11.8 Å². The molecule has 0 aliphatic carbocycles. The summed E-state index contributed by atoms with van der Waals surface area (Å²) in [5, 5.41) is 11.4. The van der Waals surface area contributed by atoms with Crippen molar-refractivity contribution < 1.29 is 0 Å². The van der Waals surface area contributed by atoms with Crippen molar-refractivity contribution in [2.24, 2.45) is 0 Å². The molecule has 1 aliphatic rings. The predicted octanol–water partition coefficient (Wildman–Crippen LogP) is 2.20. The van der Waals surface area contributed by atoms with Gasteiger partial charge in [0, 0.05) is 51.7 Å². The van der Waals surface area contributed by atoms with Crippen molar-refractivity contribution in [3.8, 4) is 0 Å². The maximum atomic E-state index is 4.62. The SMILES string of the molecule is c1ccc(CN2CCN(c3cnnc(NCc4cccnc4)n3)CC2)cc1. The maximum absolute atomic E-state index is 4.62. The molecule has 138 valence electrons. The molecular weight excluding hydrogens is 338 g/mol. The Hall–Kier alpha value is -3.06. The molecule has 4 rings (SSSR count). The fraction of sp³-hybridized carbons (Fsp3) is 0.300. The number of aromatic nitrogens is 4. The monoisotopic (exact) mass is 361 g/mol. The summed E-state index contributed by atoms with van der Waals surface area (Å²) in [7, 11) is 0. The van der Waals surface area contributed by atoms with Crippen molar-refractivity contribution in [3.63, 3.8) is 0 Å². The molecule has 7 nitrogen and oxygen atoms in total. The van der Waals surface area contributed by atoms with Gasteiger partial charge in [-0.1, -0.05) is 36.4 Å². The van der Waals surface area contributed by atoms with Gasteiger partial charge in [0.05, 0.1) is 6.20 Å². The van der Waals surface area contributed by atoms with E-state index >= 15 is 0 Å². The second-order valence-corrected chi connectivity index (χ2v) is 6.60. The Morgan fingerprint density at radius 2 is 1.70 bits per heavy atom. The molecule has 1 aromatic carbocycles. The summed E-state index contributed by atoms with van der Waals surface area (Å²) in [4.78, 5) is 13.5. The fourth-order valence-electron chi connectivity index (χ4n) is 3.18. The second-order valence-electron chi connectivity index (χ2n) is 6.60. The highest BCUT2D eigenvalue weighted by atomic mass is 15.3. The third-order valence-corrected chi connectivity index (χ3v) is 4.66. The number of hydrogen-bond acceptors (Lipinski definition) is 7. The smallest absolute Gasteiger partial charge is 0.244 e. The van der Waals surface area contributed by atoms with E-state index in [9.17, 15) is 0 Å². The van der Waals surface area contributed by atoms with Crippen LogP contribution in [0.1, 0.15) is 11.1 Å². The van der Waals surface area contributed by atoms with Crippen LogP contribution in [-0.2, 0) is 13.1 Å². The Morgan fingerprint density at radius 3 is 2.48 bits per heavy atom. The molecule has 3 aromatic rings. The van der Waals surface area contributed by atoms with Crippen LogP contribution >= 0.6 is 0 Å². The first kappa shape index (κ1) is 17.4. The van der Waals surface area contributed by atoms with Gasteiger partial charge >= 0.3 is 0 Å². The van der Waals surface area contributed by atoms with E-state index in [-0.39, 0.29) is 0 Å². The van der Waals surface area contributed by atoms with Gasteiger partial charge < -0.3 is 10.2 Å².